The molecule has 0 aromatic rings. The Morgan fingerprint density at radius 1 is 1.47 bits per heavy atom. The van der Waals surface area contributed by atoms with Gasteiger partial charge in [0.2, 0.25) is 5.91 Å². The highest BCUT2D eigenvalue weighted by molar-refractivity contribution is 5.75. The largest absolute Gasteiger partial charge is 0.356 e. The van der Waals surface area contributed by atoms with Crippen LogP contribution in [0.4, 0.5) is 0 Å². The van der Waals surface area contributed by atoms with Gasteiger partial charge in [0.15, 0.2) is 0 Å². The van der Waals surface area contributed by atoms with Gasteiger partial charge in [-0.1, -0.05) is 20.8 Å². The molecule has 1 saturated heterocycles. The first-order valence-corrected chi connectivity index (χ1v) is 7.01. The van der Waals surface area contributed by atoms with Gasteiger partial charge in [-0.3, -0.25) is 4.79 Å². The average Bonchev–Trinajstić information content (AvgIpc) is 2.35. The van der Waals surface area contributed by atoms with E-state index in [0.29, 0.717) is 12.3 Å². The summed E-state index contributed by atoms with van der Waals surface area (Å²) in [5.41, 5.74) is 0.224. The van der Waals surface area contributed by atoms with Crippen molar-refractivity contribution in [3.05, 3.63) is 0 Å². The number of rotatable bonds is 6. The zero-order valence-electron chi connectivity index (χ0n) is 11.6. The fourth-order valence-electron chi connectivity index (χ4n) is 2.06. The van der Waals surface area contributed by atoms with Gasteiger partial charge in [0.25, 0.3) is 0 Å². The van der Waals surface area contributed by atoms with Crippen molar-refractivity contribution in [3.63, 3.8) is 0 Å². The number of piperidine rings is 1. The van der Waals surface area contributed by atoms with Gasteiger partial charge in [0.1, 0.15) is 0 Å². The molecule has 0 aromatic heterocycles. The molecule has 100 valence electrons. The standard InChI is InChI=1S/C14H28N2O/c1-4-14(2,3)11-16-13(17)8-7-12-6-5-9-15-10-12/h12,15H,4-11H2,1-3H3,(H,16,17). The predicted octanol–water partition coefficient (Wildman–Crippen LogP) is 2.32. The van der Waals surface area contributed by atoms with Crippen LogP contribution in [-0.4, -0.2) is 25.5 Å². The monoisotopic (exact) mass is 240 g/mol. The second kappa shape index (κ2) is 7.00. The Morgan fingerprint density at radius 2 is 2.24 bits per heavy atom. The fraction of sp³-hybridized carbons (Fsp3) is 0.929. The summed E-state index contributed by atoms with van der Waals surface area (Å²) in [5, 5.41) is 6.45. The zero-order chi connectivity index (χ0) is 12.7. The summed E-state index contributed by atoms with van der Waals surface area (Å²) >= 11 is 0. The minimum Gasteiger partial charge on any atom is -0.356 e. The summed E-state index contributed by atoms with van der Waals surface area (Å²) in [4.78, 5) is 11.7. The molecule has 0 bridgehead atoms. The van der Waals surface area contributed by atoms with Gasteiger partial charge >= 0.3 is 0 Å². The lowest BCUT2D eigenvalue weighted by Crippen LogP contribution is -2.35. The molecule has 1 aliphatic rings. The molecule has 1 amide bonds. The Morgan fingerprint density at radius 3 is 2.82 bits per heavy atom. The molecule has 1 unspecified atom stereocenters. The topological polar surface area (TPSA) is 41.1 Å². The molecule has 0 saturated carbocycles. The van der Waals surface area contributed by atoms with E-state index in [2.05, 4.69) is 31.4 Å². The van der Waals surface area contributed by atoms with Crippen molar-refractivity contribution < 1.29 is 4.79 Å². The van der Waals surface area contributed by atoms with Gasteiger partial charge in [-0.25, -0.2) is 0 Å². The van der Waals surface area contributed by atoms with Crippen molar-refractivity contribution >= 4 is 5.91 Å². The van der Waals surface area contributed by atoms with Crippen LogP contribution < -0.4 is 10.6 Å². The molecule has 1 atom stereocenters. The quantitative estimate of drug-likeness (QED) is 0.748. The molecule has 0 aromatic carbocycles. The molecule has 17 heavy (non-hydrogen) atoms. The maximum absolute atomic E-state index is 11.7. The molecule has 1 heterocycles. The lowest BCUT2D eigenvalue weighted by Gasteiger charge is -2.24. The van der Waals surface area contributed by atoms with Crippen molar-refractivity contribution in [2.75, 3.05) is 19.6 Å². The van der Waals surface area contributed by atoms with E-state index in [1.807, 2.05) is 0 Å². The molecule has 0 aliphatic carbocycles. The van der Waals surface area contributed by atoms with E-state index in [4.69, 9.17) is 0 Å². The summed E-state index contributed by atoms with van der Waals surface area (Å²) < 4.78 is 0. The number of nitrogens with one attached hydrogen (secondary N) is 2. The normalized spacial score (nSPS) is 21.2. The first-order chi connectivity index (χ1) is 8.03. The van der Waals surface area contributed by atoms with Crippen molar-refractivity contribution in [2.45, 2.75) is 52.9 Å². The Hall–Kier alpha value is -0.570. The summed E-state index contributed by atoms with van der Waals surface area (Å²) in [5.74, 6) is 0.922. The van der Waals surface area contributed by atoms with Crippen LogP contribution >= 0.6 is 0 Å². The lowest BCUT2D eigenvalue weighted by molar-refractivity contribution is -0.121. The van der Waals surface area contributed by atoms with Crippen molar-refractivity contribution in [1.82, 2.24) is 10.6 Å². The lowest BCUT2D eigenvalue weighted by atomic mass is 9.90. The Bertz CT molecular complexity index is 232. The second-order valence-electron chi connectivity index (χ2n) is 6.05. The van der Waals surface area contributed by atoms with Gasteiger partial charge in [-0.15, -0.1) is 0 Å². The number of hydrogen-bond acceptors (Lipinski definition) is 2. The van der Waals surface area contributed by atoms with E-state index in [9.17, 15) is 4.79 Å². The third-order valence-electron chi connectivity index (χ3n) is 3.90. The van der Waals surface area contributed by atoms with Crippen LogP contribution in [0.2, 0.25) is 0 Å². The minimum absolute atomic E-state index is 0.220. The van der Waals surface area contributed by atoms with E-state index in [1.54, 1.807) is 0 Å². The van der Waals surface area contributed by atoms with E-state index in [1.165, 1.54) is 12.8 Å². The first-order valence-electron chi connectivity index (χ1n) is 7.01. The number of hydrogen-bond donors (Lipinski definition) is 2. The van der Waals surface area contributed by atoms with Gasteiger partial charge in [0.05, 0.1) is 0 Å². The maximum atomic E-state index is 11.7. The highest BCUT2D eigenvalue weighted by Gasteiger charge is 2.17. The molecule has 1 rings (SSSR count). The van der Waals surface area contributed by atoms with Crippen LogP contribution in [0.15, 0.2) is 0 Å². The van der Waals surface area contributed by atoms with Gasteiger partial charge in [-0.05, 0) is 50.1 Å². The summed E-state index contributed by atoms with van der Waals surface area (Å²) in [6.07, 6.45) is 5.35. The zero-order valence-corrected chi connectivity index (χ0v) is 11.6. The maximum Gasteiger partial charge on any atom is 0.220 e. The molecule has 1 fully saturated rings. The molecular formula is C14H28N2O. The van der Waals surface area contributed by atoms with E-state index in [0.717, 1.165) is 32.5 Å². The van der Waals surface area contributed by atoms with Crippen LogP contribution in [0.1, 0.15) is 52.9 Å². The van der Waals surface area contributed by atoms with E-state index in [-0.39, 0.29) is 11.3 Å². The summed E-state index contributed by atoms with van der Waals surface area (Å²) in [7, 11) is 0. The van der Waals surface area contributed by atoms with Gasteiger partial charge in [0, 0.05) is 13.0 Å². The smallest absolute Gasteiger partial charge is 0.220 e. The van der Waals surface area contributed by atoms with Crippen molar-refractivity contribution in [2.24, 2.45) is 11.3 Å². The van der Waals surface area contributed by atoms with Crippen LogP contribution in [-0.2, 0) is 4.79 Å². The SMILES string of the molecule is CCC(C)(C)CNC(=O)CCC1CCCNC1. The summed E-state index contributed by atoms with van der Waals surface area (Å²) in [6, 6.07) is 0. The highest BCUT2D eigenvalue weighted by Crippen LogP contribution is 2.18. The molecule has 0 spiro atoms. The molecule has 2 N–H and O–H groups in total. The Labute approximate surface area is 106 Å². The first kappa shape index (κ1) is 14.5. The fourth-order valence-corrected chi connectivity index (χ4v) is 2.06. The minimum atomic E-state index is 0.220. The molecular weight excluding hydrogens is 212 g/mol. The molecule has 1 aliphatic heterocycles. The van der Waals surface area contributed by atoms with Crippen molar-refractivity contribution in [1.29, 1.82) is 0 Å². The summed E-state index contributed by atoms with van der Waals surface area (Å²) in [6.45, 7) is 9.59. The highest BCUT2D eigenvalue weighted by atomic mass is 16.1. The van der Waals surface area contributed by atoms with E-state index < -0.39 is 0 Å². The third kappa shape index (κ3) is 6.06. The van der Waals surface area contributed by atoms with E-state index >= 15 is 0 Å². The number of carbonyl (C=O) groups excluding carboxylic acids is 1. The van der Waals surface area contributed by atoms with Crippen LogP contribution in [0.5, 0.6) is 0 Å². The predicted molar refractivity (Wildman–Crippen MR) is 71.9 cm³/mol. The number of carbonyl (C=O) groups is 1. The Balaban J connectivity index is 2.12. The molecule has 3 heteroatoms. The Kier molecular flexibility index (Phi) is 5.96. The molecule has 3 nitrogen and oxygen atoms in total. The second-order valence-corrected chi connectivity index (χ2v) is 6.05. The average molecular weight is 240 g/mol. The molecule has 0 radical (unpaired) electrons. The van der Waals surface area contributed by atoms with Crippen LogP contribution in [0.3, 0.4) is 0 Å². The van der Waals surface area contributed by atoms with Gasteiger partial charge in [-0.2, -0.15) is 0 Å². The third-order valence-corrected chi connectivity index (χ3v) is 3.90. The van der Waals surface area contributed by atoms with Crippen molar-refractivity contribution in [3.8, 4) is 0 Å². The van der Waals surface area contributed by atoms with Gasteiger partial charge < -0.3 is 10.6 Å². The van der Waals surface area contributed by atoms with Crippen LogP contribution in [0.25, 0.3) is 0 Å². The number of amides is 1. The van der Waals surface area contributed by atoms with Crippen LogP contribution in [0, 0.1) is 11.3 Å².